The number of benzene rings is 2. The van der Waals surface area contributed by atoms with Crippen LogP contribution in [0, 0.1) is 23.0 Å². The number of para-hydroxylation sites is 1. The minimum Gasteiger partial charge on any atom is -0.496 e. The number of hydrogen-bond acceptors (Lipinski definition) is 5. The lowest BCUT2D eigenvalue weighted by molar-refractivity contribution is 0.0207. The third-order valence-corrected chi connectivity index (χ3v) is 10.2. The number of rotatable bonds is 6. The number of amides is 2. The molecule has 2 amide bonds. The Morgan fingerprint density at radius 3 is 2.52 bits per heavy atom. The number of carbonyl (C=O) groups is 1. The Hall–Kier alpha value is -3.79. The van der Waals surface area contributed by atoms with Crippen molar-refractivity contribution in [1.29, 1.82) is 0 Å². The van der Waals surface area contributed by atoms with Crippen LogP contribution in [0.15, 0.2) is 59.7 Å². The van der Waals surface area contributed by atoms with E-state index in [1.54, 1.807) is 24.1 Å². The molecule has 2 saturated heterocycles. The van der Waals surface area contributed by atoms with E-state index in [9.17, 15) is 18.4 Å². The van der Waals surface area contributed by atoms with Crippen LogP contribution in [0.2, 0.25) is 0 Å². The molecule has 44 heavy (non-hydrogen) atoms. The zero-order chi connectivity index (χ0) is 30.8. The molecule has 1 aromatic heterocycles. The fourth-order valence-electron chi connectivity index (χ4n) is 7.83. The van der Waals surface area contributed by atoms with Crippen molar-refractivity contribution in [3.05, 3.63) is 82.4 Å². The monoisotopic (exact) mass is 605 g/mol. The second kappa shape index (κ2) is 12.7. The molecule has 234 valence electrons. The van der Waals surface area contributed by atoms with Gasteiger partial charge in [-0.1, -0.05) is 25.0 Å². The number of nitrogens with one attached hydrogen (secondary N) is 1. The molecular formula is C34H41F2N5O3. The van der Waals surface area contributed by atoms with Crippen molar-refractivity contribution in [2.75, 3.05) is 33.8 Å². The van der Waals surface area contributed by atoms with Gasteiger partial charge >= 0.3 is 6.03 Å². The fourth-order valence-corrected chi connectivity index (χ4v) is 7.83. The average molecular weight is 606 g/mol. The maximum absolute atomic E-state index is 14.2. The Morgan fingerprint density at radius 1 is 1.07 bits per heavy atom. The van der Waals surface area contributed by atoms with Gasteiger partial charge in [0, 0.05) is 49.9 Å². The number of aromatic nitrogens is 2. The lowest BCUT2D eigenvalue weighted by atomic mass is 9.69. The van der Waals surface area contributed by atoms with Gasteiger partial charge in [0.05, 0.1) is 25.2 Å². The van der Waals surface area contributed by atoms with Crippen molar-refractivity contribution in [3.63, 3.8) is 0 Å². The van der Waals surface area contributed by atoms with Crippen LogP contribution in [0.3, 0.4) is 0 Å². The third-order valence-electron chi connectivity index (χ3n) is 10.2. The maximum Gasteiger partial charge on any atom is 0.320 e. The summed E-state index contributed by atoms with van der Waals surface area (Å²) < 4.78 is 35.6. The van der Waals surface area contributed by atoms with Gasteiger partial charge in [-0.15, -0.1) is 0 Å². The number of hydrogen-bond donors (Lipinski definition) is 1. The molecule has 0 unspecified atom stereocenters. The van der Waals surface area contributed by atoms with Crippen molar-refractivity contribution in [2.45, 2.75) is 63.6 Å². The molecule has 3 fully saturated rings. The zero-order valence-electron chi connectivity index (χ0n) is 25.5. The molecule has 2 aromatic carbocycles. The molecule has 0 radical (unpaired) electrons. The Morgan fingerprint density at radius 2 is 1.82 bits per heavy atom. The van der Waals surface area contributed by atoms with Crippen molar-refractivity contribution in [3.8, 4) is 17.0 Å². The summed E-state index contributed by atoms with van der Waals surface area (Å²) >= 11 is 0. The predicted octanol–water partition coefficient (Wildman–Crippen LogP) is 5.62. The van der Waals surface area contributed by atoms with E-state index in [1.807, 2.05) is 41.1 Å². The summed E-state index contributed by atoms with van der Waals surface area (Å²) in [6.07, 6.45) is 7.98. The average Bonchev–Trinajstić information content (AvgIpc) is 3.50. The molecular weight excluding hydrogens is 564 g/mol. The lowest BCUT2D eigenvalue weighted by Gasteiger charge is -2.49. The normalized spacial score (nSPS) is 23.2. The van der Waals surface area contributed by atoms with Crippen LogP contribution in [0.1, 0.15) is 56.6 Å². The summed E-state index contributed by atoms with van der Waals surface area (Å²) in [7, 11) is 3.48. The van der Waals surface area contributed by atoms with Crippen LogP contribution in [-0.4, -0.2) is 65.2 Å². The minimum atomic E-state index is -0.634. The zero-order valence-corrected chi connectivity index (χ0v) is 25.5. The van der Waals surface area contributed by atoms with Crippen LogP contribution in [0.25, 0.3) is 11.3 Å². The van der Waals surface area contributed by atoms with E-state index in [2.05, 4.69) is 10.3 Å². The van der Waals surface area contributed by atoms with E-state index in [0.717, 1.165) is 50.2 Å². The van der Waals surface area contributed by atoms with Gasteiger partial charge in [-0.05, 0) is 80.3 Å². The largest absolute Gasteiger partial charge is 0.496 e. The van der Waals surface area contributed by atoms with Gasteiger partial charge in [0.25, 0.3) is 5.56 Å². The highest BCUT2D eigenvalue weighted by atomic mass is 19.1. The predicted molar refractivity (Wildman–Crippen MR) is 164 cm³/mol. The van der Waals surface area contributed by atoms with E-state index in [0.29, 0.717) is 49.6 Å². The van der Waals surface area contributed by atoms with Crippen LogP contribution < -0.4 is 15.6 Å². The minimum absolute atomic E-state index is 0.0704. The molecule has 6 rings (SSSR count). The Labute approximate surface area is 257 Å². The highest BCUT2D eigenvalue weighted by molar-refractivity contribution is 5.75. The van der Waals surface area contributed by atoms with Gasteiger partial charge in [0.15, 0.2) is 0 Å². The molecule has 10 heteroatoms. The third kappa shape index (κ3) is 5.96. The van der Waals surface area contributed by atoms with Gasteiger partial charge in [-0.3, -0.25) is 9.36 Å². The van der Waals surface area contributed by atoms with Crippen LogP contribution in [0.4, 0.5) is 13.6 Å². The molecule has 3 atom stereocenters. The van der Waals surface area contributed by atoms with E-state index < -0.39 is 17.7 Å². The van der Waals surface area contributed by atoms with E-state index in [4.69, 9.17) is 4.74 Å². The molecule has 1 saturated carbocycles. The van der Waals surface area contributed by atoms with Gasteiger partial charge in [0.1, 0.15) is 17.4 Å². The van der Waals surface area contributed by atoms with E-state index in [-0.39, 0.29) is 29.0 Å². The molecule has 0 bridgehead atoms. The summed E-state index contributed by atoms with van der Waals surface area (Å²) in [5.41, 5.74) is 1.65. The number of likely N-dealkylation sites (tertiary alicyclic amines) is 2. The summed E-state index contributed by atoms with van der Waals surface area (Å²) in [6, 6.07) is 12.3. The van der Waals surface area contributed by atoms with Crippen LogP contribution in [0.5, 0.6) is 5.75 Å². The highest BCUT2D eigenvalue weighted by Crippen LogP contribution is 2.49. The molecule has 1 N–H and O–H groups in total. The lowest BCUT2D eigenvalue weighted by Crippen LogP contribution is -2.56. The fraction of sp³-hybridized carbons (Fsp3) is 0.500. The van der Waals surface area contributed by atoms with Crippen molar-refractivity contribution < 1.29 is 18.3 Å². The highest BCUT2D eigenvalue weighted by Gasteiger charge is 2.47. The summed E-state index contributed by atoms with van der Waals surface area (Å²) in [5, 5.41) is 3.29. The number of piperidine rings is 2. The number of ether oxygens (including phenoxy) is 1. The number of halogens is 2. The smallest absolute Gasteiger partial charge is 0.320 e. The first-order chi connectivity index (χ1) is 21.3. The number of methoxy groups -OCH3 is 1. The molecule has 2 aliphatic heterocycles. The Bertz CT molecular complexity index is 1540. The first-order valence-corrected chi connectivity index (χ1v) is 15.7. The Kier molecular flexibility index (Phi) is 8.71. The molecule has 8 nitrogen and oxygen atoms in total. The van der Waals surface area contributed by atoms with Crippen LogP contribution >= 0.6 is 0 Å². The number of urea groups is 1. The summed E-state index contributed by atoms with van der Waals surface area (Å²) in [6.45, 7) is 2.26. The molecule has 1 spiro atoms. The SMILES string of the molecule is CN[C@@H]1CCN(C(=O)N2CC[C@@H](Cn3cnc(-c4ccccc4OC)cc3=O)C3(CCCC3)C2)[C@H](c2cc(F)cc(F)c2)C1. The number of carbonyl (C=O) groups excluding carboxylic acids is 1. The molecule has 1 aliphatic carbocycles. The van der Waals surface area contributed by atoms with Gasteiger partial charge in [0.2, 0.25) is 0 Å². The van der Waals surface area contributed by atoms with Gasteiger partial charge < -0.3 is 19.9 Å². The topological polar surface area (TPSA) is 79.7 Å². The Balaban J connectivity index is 1.21. The standard InChI is InChI=1S/C34H41F2N5O3/c1-37-27-10-14-41(30(18-27)23-15-25(35)17-26(36)16-23)33(43)39-13-9-24(34(21-39)11-5-6-12-34)20-40-22-38-29(19-32(40)42)28-7-3-4-8-31(28)44-2/h3-4,7-8,15-17,19,22,24,27,30,37H,5-6,9-14,18,20-21H2,1-2H3/t24-,27+,30-/m0/s1. The van der Waals surface area contributed by atoms with Crippen molar-refractivity contribution in [2.24, 2.45) is 11.3 Å². The summed E-state index contributed by atoms with van der Waals surface area (Å²) in [5.74, 6) is -0.372. The van der Waals surface area contributed by atoms with Gasteiger partial charge in [-0.2, -0.15) is 0 Å². The molecule has 3 heterocycles. The van der Waals surface area contributed by atoms with Gasteiger partial charge in [-0.25, -0.2) is 18.6 Å². The first-order valence-electron chi connectivity index (χ1n) is 15.7. The summed E-state index contributed by atoms with van der Waals surface area (Å²) in [4.78, 5) is 35.8. The quantitative estimate of drug-likeness (QED) is 0.395. The van der Waals surface area contributed by atoms with Crippen molar-refractivity contribution in [1.82, 2.24) is 24.7 Å². The maximum atomic E-state index is 14.2. The van der Waals surface area contributed by atoms with Crippen LogP contribution in [-0.2, 0) is 6.54 Å². The van der Waals surface area contributed by atoms with E-state index in [1.165, 1.54) is 12.1 Å². The van der Waals surface area contributed by atoms with E-state index >= 15 is 0 Å². The molecule has 3 aromatic rings. The number of nitrogens with zero attached hydrogens (tertiary/aromatic N) is 4. The van der Waals surface area contributed by atoms with Crippen molar-refractivity contribution >= 4 is 6.03 Å². The first kappa shape index (κ1) is 30.2. The second-order valence-corrected chi connectivity index (χ2v) is 12.6. The molecule has 3 aliphatic rings. The second-order valence-electron chi connectivity index (χ2n) is 12.6.